The first-order valence-electron chi connectivity index (χ1n) is 8.46. The van der Waals surface area contributed by atoms with Crippen LogP contribution in [-0.2, 0) is 25.7 Å². The van der Waals surface area contributed by atoms with E-state index in [9.17, 15) is 14.4 Å². The Morgan fingerprint density at radius 2 is 1.74 bits per heavy atom. The van der Waals surface area contributed by atoms with Crippen molar-refractivity contribution in [3.8, 4) is 0 Å². The first-order valence-corrected chi connectivity index (χ1v) is 9.25. The van der Waals surface area contributed by atoms with Crippen LogP contribution in [0.2, 0.25) is 0 Å². The largest absolute Gasteiger partial charge is 0.456 e. The van der Waals surface area contributed by atoms with E-state index in [4.69, 9.17) is 4.74 Å². The first kappa shape index (κ1) is 20.6. The van der Waals surface area contributed by atoms with Crippen LogP contribution in [0.3, 0.4) is 0 Å². The number of amides is 2. The molecule has 2 N–H and O–H groups in total. The molecule has 0 bridgehead atoms. The van der Waals surface area contributed by atoms with Gasteiger partial charge in [-0.05, 0) is 36.2 Å². The lowest BCUT2D eigenvalue weighted by atomic mass is 10.2. The van der Waals surface area contributed by atoms with Crippen molar-refractivity contribution in [1.82, 2.24) is 5.32 Å². The number of carbonyl (C=O) groups excluding carboxylic acids is 3. The summed E-state index contributed by atoms with van der Waals surface area (Å²) in [6.45, 7) is 1.92. The maximum atomic E-state index is 11.8. The highest BCUT2D eigenvalue weighted by Gasteiger charge is 2.11. The van der Waals surface area contributed by atoms with E-state index in [0.29, 0.717) is 12.2 Å². The Hall–Kier alpha value is -2.67. The SMILES string of the molecule is Cc1cc(NC(=O)COC(=O)CCC(=O)NCc2ccccc2)ccc1Br. The van der Waals surface area contributed by atoms with Crippen molar-refractivity contribution in [2.45, 2.75) is 26.3 Å². The molecule has 0 saturated carbocycles. The highest BCUT2D eigenvalue weighted by molar-refractivity contribution is 9.10. The molecule has 0 aliphatic heterocycles. The van der Waals surface area contributed by atoms with Crippen molar-refractivity contribution in [2.24, 2.45) is 0 Å². The van der Waals surface area contributed by atoms with Crippen molar-refractivity contribution in [1.29, 1.82) is 0 Å². The third-order valence-corrected chi connectivity index (χ3v) is 4.58. The Bertz CT molecular complexity index is 809. The van der Waals surface area contributed by atoms with Crippen LogP contribution in [-0.4, -0.2) is 24.4 Å². The molecule has 0 heterocycles. The van der Waals surface area contributed by atoms with E-state index >= 15 is 0 Å². The van der Waals surface area contributed by atoms with Gasteiger partial charge in [-0.1, -0.05) is 46.3 Å². The molecule has 0 aliphatic carbocycles. The molecule has 0 atom stereocenters. The minimum Gasteiger partial charge on any atom is -0.456 e. The van der Waals surface area contributed by atoms with Gasteiger partial charge in [-0.15, -0.1) is 0 Å². The molecule has 2 aromatic rings. The standard InChI is InChI=1S/C20H21BrN2O4/c1-14-11-16(7-8-17(14)21)23-19(25)13-27-20(26)10-9-18(24)22-12-15-5-3-2-4-6-15/h2-8,11H,9-10,12-13H2,1H3,(H,22,24)(H,23,25). The summed E-state index contributed by atoms with van der Waals surface area (Å²) in [5.41, 5.74) is 2.58. The second kappa shape index (κ2) is 10.5. The number of anilines is 1. The van der Waals surface area contributed by atoms with E-state index < -0.39 is 11.9 Å². The normalized spacial score (nSPS) is 10.1. The van der Waals surface area contributed by atoms with Gasteiger partial charge in [-0.3, -0.25) is 14.4 Å². The zero-order valence-electron chi connectivity index (χ0n) is 15.0. The summed E-state index contributed by atoms with van der Waals surface area (Å²) >= 11 is 3.38. The third-order valence-electron chi connectivity index (χ3n) is 3.69. The number of rotatable bonds is 8. The van der Waals surface area contributed by atoms with Crippen LogP contribution in [0.25, 0.3) is 0 Å². The van der Waals surface area contributed by atoms with E-state index in [0.717, 1.165) is 15.6 Å². The molecule has 2 aromatic carbocycles. The Kier molecular flexibility index (Phi) is 8.00. The molecule has 27 heavy (non-hydrogen) atoms. The van der Waals surface area contributed by atoms with Gasteiger partial charge in [0.05, 0.1) is 6.42 Å². The number of nitrogens with one attached hydrogen (secondary N) is 2. The minimum atomic E-state index is -0.591. The summed E-state index contributed by atoms with van der Waals surface area (Å²) < 4.78 is 5.85. The number of carbonyl (C=O) groups is 3. The number of halogens is 1. The highest BCUT2D eigenvalue weighted by atomic mass is 79.9. The zero-order chi connectivity index (χ0) is 19.6. The Balaban J connectivity index is 1.64. The maximum absolute atomic E-state index is 11.8. The smallest absolute Gasteiger partial charge is 0.306 e. The van der Waals surface area contributed by atoms with Crippen LogP contribution in [0.15, 0.2) is 53.0 Å². The molecule has 0 aromatic heterocycles. The molecule has 0 fully saturated rings. The highest BCUT2D eigenvalue weighted by Crippen LogP contribution is 2.19. The second-order valence-corrected chi connectivity index (χ2v) is 6.79. The van der Waals surface area contributed by atoms with Crippen LogP contribution >= 0.6 is 15.9 Å². The molecule has 0 saturated heterocycles. The molecular weight excluding hydrogens is 412 g/mol. The fraction of sp³-hybridized carbons (Fsp3) is 0.250. The molecule has 0 spiro atoms. The van der Waals surface area contributed by atoms with Crippen molar-refractivity contribution >= 4 is 39.4 Å². The number of esters is 1. The summed E-state index contributed by atoms with van der Waals surface area (Å²) in [6.07, 6.45) is -0.0650. The lowest BCUT2D eigenvalue weighted by Crippen LogP contribution is -2.25. The lowest BCUT2D eigenvalue weighted by molar-refractivity contribution is -0.148. The van der Waals surface area contributed by atoms with Gasteiger partial charge in [0.15, 0.2) is 6.61 Å². The second-order valence-electron chi connectivity index (χ2n) is 5.94. The molecule has 6 nitrogen and oxygen atoms in total. The van der Waals surface area contributed by atoms with Crippen LogP contribution in [0.4, 0.5) is 5.69 Å². The quantitative estimate of drug-likeness (QED) is 0.626. The van der Waals surface area contributed by atoms with E-state index in [2.05, 4.69) is 26.6 Å². The topological polar surface area (TPSA) is 84.5 Å². The first-order chi connectivity index (χ1) is 12.9. The van der Waals surface area contributed by atoms with Gasteiger partial charge in [0.1, 0.15) is 0 Å². The Labute approximate surface area is 166 Å². The Morgan fingerprint density at radius 3 is 2.44 bits per heavy atom. The van der Waals surface area contributed by atoms with E-state index in [-0.39, 0.29) is 25.4 Å². The molecule has 2 amide bonds. The van der Waals surface area contributed by atoms with Crippen molar-refractivity contribution in [2.75, 3.05) is 11.9 Å². The fourth-order valence-corrected chi connectivity index (χ4v) is 2.48. The van der Waals surface area contributed by atoms with Gasteiger partial charge in [0.25, 0.3) is 5.91 Å². The van der Waals surface area contributed by atoms with Crippen LogP contribution < -0.4 is 10.6 Å². The average Bonchev–Trinajstić information content (AvgIpc) is 2.67. The van der Waals surface area contributed by atoms with E-state index in [1.807, 2.05) is 43.3 Å². The number of ether oxygens (including phenoxy) is 1. The number of benzene rings is 2. The van der Waals surface area contributed by atoms with Gasteiger partial charge in [-0.2, -0.15) is 0 Å². The average molecular weight is 433 g/mol. The third kappa shape index (κ3) is 7.62. The van der Waals surface area contributed by atoms with E-state index in [1.54, 1.807) is 12.1 Å². The maximum Gasteiger partial charge on any atom is 0.306 e. The van der Waals surface area contributed by atoms with E-state index in [1.165, 1.54) is 0 Å². The molecular formula is C20H21BrN2O4. The lowest BCUT2D eigenvalue weighted by Gasteiger charge is -2.08. The molecule has 2 rings (SSSR count). The van der Waals surface area contributed by atoms with Crippen molar-refractivity contribution < 1.29 is 19.1 Å². The van der Waals surface area contributed by atoms with Crippen molar-refractivity contribution in [3.05, 3.63) is 64.1 Å². The van der Waals surface area contributed by atoms with Gasteiger partial charge < -0.3 is 15.4 Å². The predicted octanol–water partition coefficient (Wildman–Crippen LogP) is 3.34. The summed E-state index contributed by atoms with van der Waals surface area (Å²) in [7, 11) is 0. The molecule has 0 radical (unpaired) electrons. The van der Waals surface area contributed by atoms with Crippen molar-refractivity contribution in [3.63, 3.8) is 0 Å². The zero-order valence-corrected chi connectivity index (χ0v) is 16.5. The monoisotopic (exact) mass is 432 g/mol. The summed E-state index contributed by atoms with van der Waals surface area (Å²) in [4.78, 5) is 35.3. The minimum absolute atomic E-state index is 0.0131. The van der Waals surface area contributed by atoms with Gasteiger partial charge in [0, 0.05) is 23.1 Å². The Morgan fingerprint density at radius 1 is 1.00 bits per heavy atom. The summed E-state index contributed by atoms with van der Waals surface area (Å²) in [5.74, 6) is -1.27. The predicted molar refractivity (Wildman–Crippen MR) is 106 cm³/mol. The summed E-state index contributed by atoms with van der Waals surface area (Å²) in [5, 5.41) is 5.38. The van der Waals surface area contributed by atoms with Crippen LogP contribution in [0, 0.1) is 6.92 Å². The van der Waals surface area contributed by atoms with Gasteiger partial charge in [-0.25, -0.2) is 0 Å². The van der Waals surface area contributed by atoms with Crippen LogP contribution in [0.5, 0.6) is 0 Å². The molecule has 7 heteroatoms. The number of aryl methyl sites for hydroxylation is 1. The number of hydrogen-bond donors (Lipinski definition) is 2. The summed E-state index contributed by atoms with van der Waals surface area (Å²) in [6, 6.07) is 14.9. The molecule has 142 valence electrons. The van der Waals surface area contributed by atoms with Gasteiger partial charge >= 0.3 is 5.97 Å². The molecule has 0 unspecified atom stereocenters. The van der Waals surface area contributed by atoms with Gasteiger partial charge in [0.2, 0.25) is 5.91 Å². The molecule has 0 aliphatic rings. The fourth-order valence-electron chi connectivity index (χ4n) is 2.24. The number of hydrogen-bond acceptors (Lipinski definition) is 4. The van der Waals surface area contributed by atoms with Crippen LogP contribution in [0.1, 0.15) is 24.0 Å².